The molecule has 3 aromatic rings. The first-order valence-corrected chi connectivity index (χ1v) is 7.44. The summed E-state index contributed by atoms with van der Waals surface area (Å²) in [5.74, 6) is -2.84. The van der Waals surface area contributed by atoms with Crippen LogP contribution in [0.15, 0.2) is 16.9 Å². The lowest BCUT2D eigenvalue weighted by atomic mass is 10.1. The first-order chi connectivity index (χ1) is 11.3. The quantitative estimate of drug-likeness (QED) is 0.720. The predicted octanol–water partition coefficient (Wildman–Crippen LogP) is 2.85. The van der Waals surface area contributed by atoms with Crippen molar-refractivity contribution in [1.29, 1.82) is 0 Å². The number of nitrogens with one attached hydrogen (secondary N) is 2. The molecule has 0 atom stereocenters. The van der Waals surface area contributed by atoms with Crippen molar-refractivity contribution in [2.24, 2.45) is 5.92 Å². The third-order valence-electron chi connectivity index (χ3n) is 3.59. The average molecular weight is 336 g/mol. The smallest absolute Gasteiger partial charge is 0.279 e. The molecule has 0 saturated carbocycles. The van der Waals surface area contributed by atoms with Crippen LogP contribution in [0.5, 0.6) is 0 Å². The van der Waals surface area contributed by atoms with Gasteiger partial charge < -0.3 is 4.98 Å². The van der Waals surface area contributed by atoms with Gasteiger partial charge in [0.05, 0.1) is 5.69 Å². The van der Waals surface area contributed by atoms with Gasteiger partial charge in [0.2, 0.25) is 0 Å². The highest BCUT2D eigenvalue weighted by molar-refractivity contribution is 5.75. The molecule has 0 spiro atoms. The van der Waals surface area contributed by atoms with E-state index < -0.39 is 23.0 Å². The normalized spacial score (nSPS) is 11.6. The summed E-state index contributed by atoms with van der Waals surface area (Å²) in [6.45, 7) is 4.02. The standard InChI is InChI=1S/C16H15F3N4O/c1-7(2)3-12-14-15(23-22-12)16(24)21-13(20-14)5-8-4-10(18)11(19)6-9(8)17/h4,6-7H,3,5H2,1-2H3,(H,22,23)(H,20,21,24). The molecule has 126 valence electrons. The lowest BCUT2D eigenvalue weighted by molar-refractivity contribution is 0.490. The second-order valence-electron chi connectivity index (χ2n) is 6.04. The van der Waals surface area contributed by atoms with Gasteiger partial charge in [0, 0.05) is 12.5 Å². The van der Waals surface area contributed by atoms with Gasteiger partial charge >= 0.3 is 0 Å². The number of H-pyrrole nitrogens is 2. The first-order valence-electron chi connectivity index (χ1n) is 7.44. The van der Waals surface area contributed by atoms with Gasteiger partial charge in [-0.25, -0.2) is 18.2 Å². The largest absolute Gasteiger partial charge is 0.308 e. The Morgan fingerprint density at radius 2 is 1.79 bits per heavy atom. The molecular weight excluding hydrogens is 321 g/mol. The van der Waals surface area contributed by atoms with E-state index in [0.717, 1.165) is 6.07 Å². The second-order valence-corrected chi connectivity index (χ2v) is 6.04. The van der Waals surface area contributed by atoms with Crippen molar-refractivity contribution in [3.8, 4) is 0 Å². The molecule has 24 heavy (non-hydrogen) atoms. The Kier molecular flexibility index (Phi) is 4.13. The minimum Gasteiger partial charge on any atom is -0.308 e. The second kappa shape index (κ2) is 6.10. The van der Waals surface area contributed by atoms with Crippen LogP contribution >= 0.6 is 0 Å². The maximum atomic E-state index is 13.8. The van der Waals surface area contributed by atoms with E-state index >= 15 is 0 Å². The van der Waals surface area contributed by atoms with E-state index in [1.54, 1.807) is 0 Å². The number of hydrogen-bond acceptors (Lipinski definition) is 3. The van der Waals surface area contributed by atoms with E-state index in [0.29, 0.717) is 29.6 Å². The summed E-state index contributed by atoms with van der Waals surface area (Å²) in [7, 11) is 0. The molecule has 0 amide bonds. The van der Waals surface area contributed by atoms with Crippen LogP contribution in [0.2, 0.25) is 0 Å². The Bertz CT molecular complexity index is 962. The van der Waals surface area contributed by atoms with E-state index in [1.807, 2.05) is 13.8 Å². The number of aromatic amines is 2. The third-order valence-corrected chi connectivity index (χ3v) is 3.59. The van der Waals surface area contributed by atoms with Crippen molar-refractivity contribution < 1.29 is 13.2 Å². The molecule has 0 aliphatic carbocycles. The van der Waals surface area contributed by atoms with Crippen molar-refractivity contribution in [3.05, 3.63) is 57.0 Å². The molecule has 5 nitrogen and oxygen atoms in total. The Morgan fingerprint density at radius 1 is 1.08 bits per heavy atom. The molecule has 0 fully saturated rings. The minimum atomic E-state index is -1.26. The van der Waals surface area contributed by atoms with Crippen LogP contribution in [-0.2, 0) is 12.8 Å². The van der Waals surface area contributed by atoms with Crippen molar-refractivity contribution in [2.75, 3.05) is 0 Å². The molecule has 3 rings (SSSR count). The summed E-state index contributed by atoms with van der Waals surface area (Å²) in [4.78, 5) is 18.9. The van der Waals surface area contributed by atoms with Gasteiger partial charge in [0.25, 0.3) is 5.56 Å². The molecule has 2 heterocycles. The van der Waals surface area contributed by atoms with Crippen LogP contribution in [0.4, 0.5) is 13.2 Å². The Balaban J connectivity index is 2.04. The van der Waals surface area contributed by atoms with Crippen molar-refractivity contribution in [2.45, 2.75) is 26.7 Å². The number of fused-ring (bicyclic) bond motifs is 1. The van der Waals surface area contributed by atoms with Gasteiger partial charge in [-0.2, -0.15) is 5.10 Å². The van der Waals surface area contributed by atoms with E-state index in [9.17, 15) is 18.0 Å². The topological polar surface area (TPSA) is 74.4 Å². The van der Waals surface area contributed by atoms with Crippen LogP contribution in [0, 0.1) is 23.4 Å². The van der Waals surface area contributed by atoms with Crippen molar-refractivity contribution >= 4 is 11.0 Å². The highest BCUT2D eigenvalue weighted by Crippen LogP contribution is 2.18. The Morgan fingerprint density at radius 3 is 2.50 bits per heavy atom. The number of nitrogens with zero attached hydrogens (tertiary/aromatic N) is 2. The summed E-state index contributed by atoms with van der Waals surface area (Å²) >= 11 is 0. The summed E-state index contributed by atoms with van der Waals surface area (Å²) in [5, 5.41) is 6.74. The fourth-order valence-corrected chi connectivity index (χ4v) is 2.52. The third kappa shape index (κ3) is 3.04. The molecule has 0 aliphatic heterocycles. The SMILES string of the molecule is CC(C)Cc1[nH]nc2c(=O)[nH]c(Cc3cc(F)c(F)cc3F)nc12. The maximum Gasteiger partial charge on any atom is 0.279 e. The van der Waals surface area contributed by atoms with Crippen LogP contribution < -0.4 is 5.56 Å². The number of halogens is 3. The van der Waals surface area contributed by atoms with Gasteiger partial charge in [-0.05, 0) is 24.0 Å². The Labute approximate surface area is 134 Å². The summed E-state index contributed by atoms with van der Waals surface area (Å²) in [5.41, 5.74) is 0.721. The molecule has 2 N–H and O–H groups in total. The predicted molar refractivity (Wildman–Crippen MR) is 82.2 cm³/mol. The number of rotatable bonds is 4. The molecule has 0 saturated heterocycles. The minimum absolute atomic E-state index is 0.0923. The summed E-state index contributed by atoms with van der Waals surface area (Å²) in [6.07, 6.45) is 0.479. The number of benzene rings is 1. The average Bonchev–Trinajstić information content (AvgIpc) is 2.88. The van der Waals surface area contributed by atoms with Crippen LogP contribution in [0.1, 0.15) is 30.9 Å². The lowest BCUT2D eigenvalue weighted by Gasteiger charge is -2.05. The molecule has 8 heteroatoms. The molecule has 2 aromatic heterocycles. The van der Waals surface area contributed by atoms with E-state index in [4.69, 9.17) is 0 Å². The van der Waals surface area contributed by atoms with Crippen molar-refractivity contribution in [3.63, 3.8) is 0 Å². The molecule has 1 aromatic carbocycles. The molecule has 0 radical (unpaired) electrons. The van der Waals surface area contributed by atoms with E-state index in [-0.39, 0.29) is 23.3 Å². The zero-order valence-electron chi connectivity index (χ0n) is 13.1. The van der Waals surface area contributed by atoms with Gasteiger partial charge in [0.1, 0.15) is 17.2 Å². The number of aromatic nitrogens is 4. The summed E-state index contributed by atoms with van der Waals surface area (Å²) < 4.78 is 40.1. The zero-order chi connectivity index (χ0) is 17.4. The summed E-state index contributed by atoms with van der Waals surface area (Å²) in [6, 6.07) is 1.24. The maximum absolute atomic E-state index is 13.8. The molecule has 0 bridgehead atoms. The van der Waals surface area contributed by atoms with Gasteiger partial charge in [-0.3, -0.25) is 9.89 Å². The van der Waals surface area contributed by atoms with Crippen LogP contribution in [-0.4, -0.2) is 20.2 Å². The van der Waals surface area contributed by atoms with Gasteiger partial charge in [-0.1, -0.05) is 13.8 Å². The Hall–Kier alpha value is -2.64. The fraction of sp³-hybridized carbons (Fsp3) is 0.312. The molecule has 0 aliphatic rings. The molecular formula is C16H15F3N4O. The van der Waals surface area contributed by atoms with Gasteiger partial charge in [-0.15, -0.1) is 0 Å². The highest BCUT2D eigenvalue weighted by atomic mass is 19.2. The fourth-order valence-electron chi connectivity index (χ4n) is 2.52. The lowest BCUT2D eigenvalue weighted by Crippen LogP contribution is -2.13. The molecule has 0 unspecified atom stereocenters. The highest BCUT2D eigenvalue weighted by Gasteiger charge is 2.16. The number of hydrogen-bond donors (Lipinski definition) is 2. The van der Waals surface area contributed by atoms with E-state index in [2.05, 4.69) is 20.2 Å². The van der Waals surface area contributed by atoms with Crippen LogP contribution in [0.25, 0.3) is 11.0 Å². The first kappa shape index (κ1) is 16.2. The van der Waals surface area contributed by atoms with E-state index in [1.165, 1.54) is 0 Å². The van der Waals surface area contributed by atoms with Crippen molar-refractivity contribution in [1.82, 2.24) is 20.2 Å². The monoisotopic (exact) mass is 336 g/mol. The van der Waals surface area contributed by atoms with Gasteiger partial charge in [0.15, 0.2) is 17.2 Å². The van der Waals surface area contributed by atoms with Crippen LogP contribution in [0.3, 0.4) is 0 Å². The zero-order valence-corrected chi connectivity index (χ0v) is 13.1.